The fourth-order valence-electron chi connectivity index (χ4n) is 0.458. The lowest BCUT2D eigenvalue weighted by Gasteiger charge is -1.98. The molecule has 1 heterocycles. The van der Waals surface area contributed by atoms with E-state index < -0.39 is 0 Å². The maximum atomic E-state index is 10.2. The van der Waals surface area contributed by atoms with Crippen LogP contribution in [0.5, 0.6) is 0 Å². The molecule has 1 rings (SSSR count). The summed E-state index contributed by atoms with van der Waals surface area (Å²) in [6.45, 7) is 8.44. The van der Waals surface area contributed by atoms with Crippen molar-refractivity contribution in [3.63, 3.8) is 0 Å². The highest BCUT2D eigenvalue weighted by atomic mass is 16.1. The van der Waals surface area contributed by atoms with Crippen molar-refractivity contribution in [1.82, 2.24) is 4.90 Å². The number of likely N-dealkylation sites (N-methyl/N-ethyl adjacent to an activating group) is 1. The molecule has 66 valence electrons. The topological polar surface area (TPSA) is 32.7 Å². The standard InChI is InChI=1S/C4H6N2O.2C2H6/c1-6-2-4(7)5-3-6;2*1-2/h3H,2H2,1H3;2*1-2H3. The second-order valence-corrected chi connectivity index (χ2v) is 1.55. The first-order valence-corrected chi connectivity index (χ1v) is 4.06. The van der Waals surface area contributed by atoms with Crippen LogP contribution < -0.4 is 0 Å². The van der Waals surface area contributed by atoms with Crippen molar-refractivity contribution in [1.29, 1.82) is 0 Å². The third-order valence-corrected chi connectivity index (χ3v) is 0.784. The van der Waals surface area contributed by atoms with Crippen molar-refractivity contribution in [3.8, 4) is 0 Å². The molecule has 1 amide bonds. The van der Waals surface area contributed by atoms with E-state index in [9.17, 15) is 4.79 Å². The summed E-state index contributed by atoms with van der Waals surface area (Å²) in [5.74, 6) is -0.0532. The van der Waals surface area contributed by atoms with Crippen LogP contribution in [0.4, 0.5) is 0 Å². The number of rotatable bonds is 0. The minimum atomic E-state index is -0.0532. The lowest BCUT2D eigenvalue weighted by molar-refractivity contribution is -0.116. The molecule has 0 saturated carbocycles. The first-order valence-electron chi connectivity index (χ1n) is 4.06. The van der Waals surface area contributed by atoms with Crippen molar-refractivity contribution in [2.45, 2.75) is 27.7 Å². The van der Waals surface area contributed by atoms with Gasteiger partial charge in [0.15, 0.2) is 0 Å². The van der Waals surface area contributed by atoms with E-state index in [4.69, 9.17) is 0 Å². The second-order valence-electron chi connectivity index (χ2n) is 1.55. The van der Waals surface area contributed by atoms with Crippen LogP contribution in [0.3, 0.4) is 0 Å². The Morgan fingerprint density at radius 2 is 1.82 bits per heavy atom. The zero-order chi connectivity index (χ0) is 9.28. The molecule has 0 saturated heterocycles. The Balaban J connectivity index is 0. The van der Waals surface area contributed by atoms with Crippen LogP contribution in [0.25, 0.3) is 0 Å². The quantitative estimate of drug-likeness (QED) is 0.535. The highest BCUT2D eigenvalue weighted by Gasteiger charge is 2.06. The first kappa shape index (κ1) is 12.8. The molecule has 0 spiro atoms. The van der Waals surface area contributed by atoms with Gasteiger partial charge in [-0.15, -0.1) is 0 Å². The first-order chi connectivity index (χ1) is 5.29. The van der Waals surface area contributed by atoms with Gasteiger partial charge >= 0.3 is 0 Å². The molecule has 3 nitrogen and oxygen atoms in total. The molecular formula is C8H18N2O. The van der Waals surface area contributed by atoms with Crippen molar-refractivity contribution >= 4 is 12.2 Å². The van der Waals surface area contributed by atoms with E-state index in [0.717, 1.165) is 0 Å². The van der Waals surface area contributed by atoms with Crippen molar-refractivity contribution in [3.05, 3.63) is 0 Å². The summed E-state index contributed by atoms with van der Waals surface area (Å²) in [6.07, 6.45) is 1.53. The van der Waals surface area contributed by atoms with Crippen LogP contribution in [-0.4, -0.2) is 30.7 Å². The number of hydrogen-bond donors (Lipinski definition) is 0. The molecule has 0 bridgehead atoms. The molecule has 0 aromatic rings. The van der Waals surface area contributed by atoms with Crippen LogP contribution >= 0.6 is 0 Å². The zero-order valence-corrected chi connectivity index (χ0v) is 8.09. The molecule has 0 aromatic carbocycles. The van der Waals surface area contributed by atoms with Gasteiger partial charge in [0.25, 0.3) is 5.91 Å². The SMILES string of the molecule is CC.CC.CN1C=NC(=O)C1. The van der Waals surface area contributed by atoms with Gasteiger partial charge in [-0.05, 0) is 0 Å². The van der Waals surface area contributed by atoms with Crippen LogP contribution in [0.1, 0.15) is 27.7 Å². The smallest absolute Gasteiger partial charge is 0.266 e. The largest absolute Gasteiger partial charge is 0.356 e. The second kappa shape index (κ2) is 9.14. The molecule has 0 radical (unpaired) electrons. The zero-order valence-electron chi connectivity index (χ0n) is 8.09. The van der Waals surface area contributed by atoms with Gasteiger partial charge in [-0.1, -0.05) is 27.7 Å². The Bertz CT molecular complexity index is 121. The van der Waals surface area contributed by atoms with Gasteiger partial charge in [-0.3, -0.25) is 4.79 Å². The van der Waals surface area contributed by atoms with E-state index in [-0.39, 0.29) is 5.91 Å². The van der Waals surface area contributed by atoms with Crippen LogP contribution in [0.2, 0.25) is 0 Å². The van der Waals surface area contributed by atoms with Gasteiger partial charge in [0, 0.05) is 7.05 Å². The van der Waals surface area contributed by atoms with Gasteiger partial charge in [0.1, 0.15) is 0 Å². The molecule has 0 unspecified atom stereocenters. The maximum absolute atomic E-state index is 10.2. The highest BCUT2D eigenvalue weighted by molar-refractivity contribution is 5.91. The molecule has 0 aliphatic carbocycles. The normalized spacial score (nSPS) is 13.2. The van der Waals surface area contributed by atoms with Gasteiger partial charge in [-0.2, -0.15) is 0 Å². The molecular weight excluding hydrogens is 140 g/mol. The average molecular weight is 158 g/mol. The lowest BCUT2D eigenvalue weighted by Crippen LogP contribution is -2.14. The molecule has 1 aliphatic heterocycles. The molecule has 3 heteroatoms. The minimum absolute atomic E-state index is 0.0532. The van der Waals surface area contributed by atoms with Crippen molar-refractivity contribution in [2.75, 3.05) is 13.6 Å². The Morgan fingerprint density at radius 1 is 1.36 bits per heavy atom. The number of amides is 1. The number of hydrogen-bond acceptors (Lipinski definition) is 2. The lowest BCUT2D eigenvalue weighted by atomic mass is 10.6. The summed E-state index contributed by atoms with van der Waals surface area (Å²) < 4.78 is 0. The monoisotopic (exact) mass is 158 g/mol. The fraction of sp³-hybridized carbons (Fsp3) is 0.750. The third kappa shape index (κ3) is 7.03. The number of aliphatic imine (C=N–C) groups is 1. The Kier molecular flexibility index (Phi) is 10.6. The molecule has 0 aromatic heterocycles. The van der Waals surface area contributed by atoms with E-state index in [1.165, 1.54) is 6.34 Å². The third-order valence-electron chi connectivity index (χ3n) is 0.784. The highest BCUT2D eigenvalue weighted by Crippen LogP contribution is 1.87. The molecule has 11 heavy (non-hydrogen) atoms. The average Bonchev–Trinajstić information content (AvgIpc) is 2.43. The number of carbonyl (C=O) groups is 1. The molecule has 0 atom stereocenters. The summed E-state index contributed by atoms with van der Waals surface area (Å²) >= 11 is 0. The molecule has 1 aliphatic rings. The van der Waals surface area contributed by atoms with Gasteiger partial charge in [-0.25, -0.2) is 4.99 Å². The summed E-state index contributed by atoms with van der Waals surface area (Å²) in [4.78, 5) is 15.4. The number of carbonyl (C=O) groups excluding carboxylic acids is 1. The van der Waals surface area contributed by atoms with E-state index >= 15 is 0 Å². The summed E-state index contributed by atoms with van der Waals surface area (Å²) in [5, 5.41) is 0. The predicted molar refractivity (Wildman–Crippen MR) is 48.8 cm³/mol. The Labute approximate surface area is 69.1 Å². The van der Waals surface area contributed by atoms with E-state index in [2.05, 4.69) is 4.99 Å². The molecule has 0 fully saturated rings. The summed E-state index contributed by atoms with van der Waals surface area (Å²) in [6, 6.07) is 0. The summed E-state index contributed by atoms with van der Waals surface area (Å²) in [7, 11) is 1.81. The van der Waals surface area contributed by atoms with Gasteiger partial charge in [0.2, 0.25) is 0 Å². The van der Waals surface area contributed by atoms with Gasteiger partial charge < -0.3 is 4.90 Å². The van der Waals surface area contributed by atoms with Crippen LogP contribution in [0, 0.1) is 0 Å². The van der Waals surface area contributed by atoms with E-state index in [1.807, 2.05) is 34.7 Å². The van der Waals surface area contributed by atoms with Crippen molar-refractivity contribution in [2.24, 2.45) is 4.99 Å². The van der Waals surface area contributed by atoms with Crippen LogP contribution in [-0.2, 0) is 4.79 Å². The van der Waals surface area contributed by atoms with E-state index in [1.54, 1.807) is 4.90 Å². The Hall–Kier alpha value is -0.860. The Morgan fingerprint density at radius 3 is 1.91 bits per heavy atom. The predicted octanol–water partition coefficient (Wildman–Crippen LogP) is 1.54. The van der Waals surface area contributed by atoms with Crippen molar-refractivity contribution < 1.29 is 4.79 Å². The molecule has 0 N–H and O–H groups in total. The maximum Gasteiger partial charge on any atom is 0.266 e. The summed E-state index contributed by atoms with van der Waals surface area (Å²) in [5.41, 5.74) is 0. The fourth-order valence-corrected chi connectivity index (χ4v) is 0.458. The minimum Gasteiger partial charge on any atom is -0.356 e. The number of nitrogens with zero attached hydrogens (tertiary/aromatic N) is 2. The van der Waals surface area contributed by atoms with Gasteiger partial charge in [0.05, 0.1) is 12.9 Å². The van der Waals surface area contributed by atoms with E-state index in [0.29, 0.717) is 6.54 Å². The van der Waals surface area contributed by atoms with Crippen LogP contribution in [0.15, 0.2) is 4.99 Å².